The summed E-state index contributed by atoms with van der Waals surface area (Å²) in [6, 6.07) is 0. The number of alkyl halides is 3. The van der Waals surface area contributed by atoms with E-state index in [1.165, 1.54) is 12.4 Å². The number of β-amino-alcohol motifs (C(OH)–C–C–N with tert-alkyl or cyclic N) is 1. The maximum absolute atomic E-state index is 11.8. The molecule has 0 aromatic carbocycles. The van der Waals surface area contributed by atoms with Gasteiger partial charge in [0.05, 0.1) is 6.54 Å². The van der Waals surface area contributed by atoms with Gasteiger partial charge in [0, 0.05) is 12.4 Å². The molecule has 0 spiro atoms. The summed E-state index contributed by atoms with van der Waals surface area (Å²) >= 11 is 0. The van der Waals surface area contributed by atoms with Crippen molar-refractivity contribution in [3.05, 3.63) is 12.4 Å². The van der Waals surface area contributed by atoms with Gasteiger partial charge in [0.1, 0.15) is 6.34 Å². The zero-order valence-corrected chi connectivity index (χ0v) is 6.49. The first-order valence-corrected chi connectivity index (χ1v) is 3.46. The van der Waals surface area contributed by atoms with Crippen molar-refractivity contribution < 1.29 is 18.3 Å². The summed E-state index contributed by atoms with van der Waals surface area (Å²) in [6.07, 6.45) is -3.07. The molecule has 1 unspecified atom stereocenters. The van der Waals surface area contributed by atoms with Crippen molar-refractivity contribution in [3.63, 3.8) is 0 Å². The minimum absolute atomic E-state index is 0.586. The largest absolute Gasteiger partial charge is 0.416 e. The van der Waals surface area contributed by atoms with Crippen molar-refractivity contribution in [1.29, 1.82) is 0 Å². The number of aliphatic hydroxyl groups excluding tert-OH is 1. The number of nitrogens with zero attached hydrogens (tertiary/aromatic N) is 2. The Morgan fingerprint density at radius 3 is 2.69 bits per heavy atom. The molecule has 1 aliphatic heterocycles. The highest BCUT2D eigenvalue weighted by Gasteiger charge is 2.39. The summed E-state index contributed by atoms with van der Waals surface area (Å²) in [5.74, 6) is 0. The van der Waals surface area contributed by atoms with Gasteiger partial charge < -0.3 is 10.5 Å². The smallest absolute Gasteiger partial charge is 0.382 e. The maximum atomic E-state index is 11.8. The van der Waals surface area contributed by atoms with Gasteiger partial charge in [-0.3, -0.25) is 5.01 Å². The van der Waals surface area contributed by atoms with Crippen LogP contribution in [0.25, 0.3) is 0 Å². The van der Waals surface area contributed by atoms with Crippen LogP contribution in [0.2, 0.25) is 0 Å². The fourth-order valence-corrected chi connectivity index (χ4v) is 0.714. The Hall–Kier alpha value is -1.24. The normalized spacial score (nSPS) is 18.6. The van der Waals surface area contributed by atoms with Crippen LogP contribution in [-0.4, -0.2) is 35.3 Å². The summed E-state index contributed by atoms with van der Waals surface area (Å²) in [7, 11) is 0. The van der Waals surface area contributed by atoms with Crippen molar-refractivity contribution >= 4 is 6.34 Å². The van der Waals surface area contributed by atoms with Crippen molar-refractivity contribution in [2.75, 3.05) is 6.54 Å². The number of hydrazine groups is 1. The summed E-state index contributed by atoms with van der Waals surface area (Å²) in [4.78, 5) is 3.57. The van der Waals surface area contributed by atoms with E-state index in [0.717, 1.165) is 11.3 Å². The number of nitrogens with one attached hydrogen (secondary N) is 1. The highest BCUT2D eigenvalue weighted by atomic mass is 19.4. The highest BCUT2D eigenvalue weighted by molar-refractivity contribution is 5.56. The van der Waals surface area contributed by atoms with Crippen LogP contribution in [0.5, 0.6) is 0 Å². The number of aliphatic imine (C=N–C) groups is 1. The van der Waals surface area contributed by atoms with E-state index in [4.69, 9.17) is 5.11 Å². The zero-order valence-electron chi connectivity index (χ0n) is 6.49. The molecule has 0 saturated carbocycles. The first kappa shape index (κ1) is 9.85. The molecule has 0 aromatic heterocycles. The lowest BCUT2D eigenvalue weighted by Crippen LogP contribution is -2.45. The third-order valence-corrected chi connectivity index (χ3v) is 1.35. The molecule has 1 heterocycles. The van der Waals surface area contributed by atoms with Gasteiger partial charge in [-0.2, -0.15) is 13.2 Å². The molecule has 1 aliphatic rings. The van der Waals surface area contributed by atoms with Gasteiger partial charge in [0.15, 0.2) is 6.10 Å². The molecule has 0 fully saturated rings. The molecule has 4 nitrogen and oxygen atoms in total. The van der Waals surface area contributed by atoms with Gasteiger partial charge in [0.25, 0.3) is 0 Å². The predicted molar refractivity (Wildman–Crippen MR) is 39.5 cm³/mol. The van der Waals surface area contributed by atoms with Crippen LogP contribution in [0.1, 0.15) is 0 Å². The molecular formula is C6H8F3N3O. The SMILES string of the molecule is OC(CN1C=NC=CN1)C(F)(F)F. The average molecular weight is 195 g/mol. The lowest BCUT2D eigenvalue weighted by molar-refractivity contribution is -0.206. The predicted octanol–water partition coefficient (Wildman–Crippen LogP) is 0.229. The van der Waals surface area contributed by atoms with Gasteiger partial charge in [0.2, 0.25) is 0 Å². The van der Waals surface area contributed by atoms with Gasteiger partial charge in [-0.05, 0) is 0 Å². The van der Waals surface area contributed by atoms with E-state index in [0.29, 0.717) is 0 Å². The third kappa shape index (κ3) is 2.94. The Kier molecular flexibility index (Phi) is 2.76. The Morgan fingerprint density at radius 2 is 2.23 bits per heavy atom. The van der Waals surface area contributed by atoms with Crippen LogP contribution in [0.4, 0.5) is 13.2 Å². The number of halogens is 3. The van der Waals surface area contributed by atoms with Crippen LogP contribution in [0, 0.1) is 0 Å². The number of aliphatic hydroxyl groups is 1. The van der Waals surface area contributed by atoms with Gasteiger partial charge in [-0.25, -0.2) is 4.99 Å². The van der Waals surface area contributed by atoms with E-state index >= 15 is 0 Å². The van der Waals surface area contributed by atoms with Gasteiger partial charge >= 0.3 is 6.18 Å². The average Bonchev–Trinajstić information content (AvgIpc) is 2.04. The Labute approximate surface area is 72.3 Å². The number of hydrogen-bond acceptors (Lipinski definition) is 4. The van der Waals surface area contributed by atoms with Crippen LogP contribution >= 0.6 is 0 Å². The second-order valence-corrected chi connectivity index (χ2v) is 2.42. The molecule has 1 rings (SSSR count). The molecule has 0 aliphatic carbocycles. The molecular weight excluding hydrogens is 187 g/mol. The second-order valence-electron chi connectivity index (χ2n) is 2.42. The second kappa shape index (κ2) is 3.65. The van der Waals surface area contributed by atoms with E-state index in [9.17, 15) is 13.2 Å². The Balaban J connectivity index is 2.41. The number of hydrogen-bond donors (Lipinski definition) is 2. The first-order chi connectivity index (χ1) is 6.00. The van der Waals surface area contributed by atoms with Crippen LogP contribution in [0.15, 0.2) is 17.4 Å². The molecule has 7 heteroatoms. The van der Waals surface area contributed by atoms with E-state index in [2.05, 4.69) is 10.4 Å². The van der Waals surface area contributed by atoms with Crippen molar-refractivity contribution in [2.45, 2.75) is 12.3 Å². The monoisotopic (exact) mass is 195 g/mol. The van der Waals surface area contributed by atoms with Crippen LogP contribution in [0.3, 0.4) is 0 Å². The summed E-state index contributed by atoms with van der Waals surface area (Å²) in [5.41, 5.74) is 2.47. The summed E-state index contributed by atoms with van der Waals surface area (Å²) < 4.78 is 35.5. The third-order valence-electron chi connectivity index (χ3n) is 1.35. The number of rotatable bonds is 2. The summed E-state index contributed by atoms with van der Waals surface area (Å²) in [5, 5.41) is 9.69. The van der Waals surface area contributed by atoms with Gasteiger partial charge in [-0.15, -0.1) is 0 Å². The molecule has 0 bridgehead atoms. The maximum Gasteiger partial charge on any atom is 0.416 e. The van der Waals surface area contributed by atoms with E-state index in [1.54, 1.807) is 0 Å². The minimum atomic E-state index is -4.60. The van der Waals surface area contributed by atoms with Gasteiger partial charge in [-0.1, -0.05) is 0 Å². The fraction of sp³-hybridized carbons (Fsp3) is 0.500. The van der Waals surface area contributed by atoms with E-state index in [1.807, 2.05) is 0 Å². The zero-order chi connectivity index (χ0) is 9.90. The molecule has 1 atom stereocenters. The van der Waals surface area contributed by atoms with E-state index in [-0.39, 0.29) is 0 Å². The highest BCUT2D eigenvalue weighted by Crippen LogP contribution is 2.20. The molecule has 2 N–H and O–H groups in total. The molecule has 0 amide bonds. The lowest BCUT2D eigenvalue weighted by Gasteiger charge is -2.24. The first-order valence-electron chi connectivity index (χ1n) is 3.46. The molecule has 74 valence electrons. The van der Waals surface area contributed by atoms with Crippen molar-refractivity contribution in [3.8, 4) is 0 Å². The topological polar surface area (TPSA) is 47.9 Å². The van der Waals surface area contributed by atoms with Crippen LogP contribution in [-0.2, 0) is 0 Å². The molecule has 0 radical (unpaired) electrons. The Bertz CT molecular complexity index is 226. The standard InChI is InChI=1S/C6H8F3N3O/c7-6(8,9)5(13)3-12-4-10-1-2-11-12/h1-2,4-5,11,13H,3H2. The summed E-state index contributed by atoms with van der Waals surface area (Å²) in [6.45, 7) is -0.586. The molecule has 0 saturated heterocycles. The van der Waals surface area contributed by atoms with Crippen molar-refractivity contribution in [2.24, 2.45) is 4.99 Å². The molecule has 0 aromatic rings. The minimum Gasteiger partial charge on any atom is -0.382 e. The molecule has 13 heavy (non-hydrogen) atoms. The fourth-order valence-electron chi connectivity index (χ4n) is 0.714. The van der Waals surface area contributed by atoms with Crippen LogP contribution < -0.4 is 5.43 Å². The van der Waals surface area contributed by atoms with Crippen molar-refractivity contribution in [1.82, 2.24) is 10.4 Å². The lowest BCUT2D eigenvalue weighted by atomic mass is 10.3. The van der Waals surface area contributed by atoms with E-state index < -0.39 is 18.8 Å². The quantitative estimate of drug-likeness (QED) is 0.663. The Morgan fingerprint density at radius 1 is 1.54 bits per heavy atom.